The van der Waals surface area contributed by atoms with Crippen molar-refractivity contribution in [3.8, 4) is 0 Å². The summed E-state index contributed by atoms with van der Waals surface area (Å²) >= 11 is 1.27. The summed E-state index contributed by atoms with van der Waals surface area (Å²) in [5, 5.41) is 18.6. The van der Waals surface area contributed by atoms with Gasteiger partial charge in [-0.2, -0.15) is 0 Å². The molecule has 1 unspecified atom stereocenters. The van der Waals surface area contributed by atoms with E-state index >= 15 is 0 Å². The zero-order valence-corrected chi connectivity index (χ0v) is 13.2. The number of rotatable bonds is 5. The van der Waals surface area contributed by atoms with Crippen molar-refractivity contribution in [2.45, 2.75) is 30.9 Å². The number of carbonyl (C=O) groups is 3. The van der Waals surface area contributed by atoms with Crippen LogP contribution in [0.1, 0.15) is 13.8 Å². The van der Waals surface area contributed by atoms with Crippen LogP contribution in [0.4, 0.5) is 0 Å². The minimum Gasteiger partial charge on any atom is -0.477 e. The second-order valence-electron chi connectivity index (χ2n) is 5.05. The molecule has 0 bridgehead atoms. The number of hydrogen-bond donors (Lipinski definition) is 2. The number of hydrogen-bond acceptors (Lipinski definition) is 7. The number of carboxylic acid groups (broad SMARTS) is 1. The van der Waals surface area contributed by atoms with Crippen LogP contribution >= 0.6 is 11.8 Å². The molecule has 122 valence electrons. The predicted molar refractivity (Wildman–Crippen MR) is 75.8 cm³/mol. The van der Waals surface area contributed by atoms with E-state index in [1.54, 1.807) is 0 Å². The summed E-state index contributed by atoms with van der Waals surface area (Å²) in [6.07, 6.45) is -1.08. The first-order valence-electron chi connectivity index (χ1n) is 6.54. The van der Waals surface area contributed by atoms with Gasteiger partial charge in [0.2, 0.25) is 5.60 Å². The number of aliphatic hydroxyl groups excluding tert-OH is 1. The van der Waals surface area contributed by atoms with Gasteiger partial charge < -0.3 is 19.7 Å². The average Bonchev–Trinajstić information content (AvgIpc) is 2.44. The SMILES string of the molecule is CO[C@@]1(C(C)O)C(=O)N2C(C(=O)O)=C(COC(C)=O)CS[C@@H]21. The van der Waals surface area contributed by atoms with Gasteiger partial charge in [-0.05, 0) is 6.92 Å². The maximum atomic E-state index is 12.4. The summed E-state index contributed by atoms with van der Waals surface area (Å²) in [4.78, 5) is 35.9. The molecule has 0 aromatic heterocycles. The standard InChI is InChI=1S/C13H17NO7S/c1-6(15)13(20-3)11(19)14-9(10(17)18)8(4-21-7(2)16)5-22-12(13)14/h6,12,15H,4-5H2,1-3H3,(H,17,18)/t6?,12-,13+/m1/s1. The highest BCUT2D eigenvalue weighted by molar-refractivity contribution is 8.00. The summed E-state index contributed by atoms with van der Waals surface area (Å²) in [5.74, 6) is -2.16. The van der Waals surface area contributed by atoms with Gasteiger partial charge in [-0.3, -0.25) is 14.5 Å². The Labute approximate surface area is 131 Å². The molecule has 8 nitrogen and oxygen atoms in total. The molecule has 2 rings (SSSR count). The molecule has 2 heterocycles. The van der Waals surface area contributed by atoms with Gasteiger partial charge in [0.15, 0.2) is 0 Å². The van der Waals surface area contributed by atoms with E-state index in [9.17, 15) is 24.6 Å². The number of thioether (sulfide) groups is 1. The molecular weight excluding hydrogens is 314 g/mol. The fourth-order valence-corrected chi connectivity index (χ4v) is 4.23. The van der Waals surface area contributed by atoms with Crippen molar-refractivity contribution in [1.29, 1.82) is 0 Å². The Morgan fingerprint density at radius 1 is 1.55 bits per heavy atom. The van der Waals surface area contributed by atoms with Crippen molar-refractivity contribution < 1.29 is 34.1 Å². The summed E-state index contributed by atoms with van der Waals surface area (Å²) in [5.41, 5.74) is -1.31. The number of amides is 1. The minimum absolute atomic E-state index is 0.185. The highest BCUT2D eigenvalue weighted by Gasteiger charge is 2.67. The molecule has 0 aliphatic carbocycles. The molecular formula is C13H17NO7S. The van der Waals surface area contributed by atoms with Crippen LogP contribution in [0, 0.1) is 0 Å². The molecule has 2 aliphatic rings. The topological polar surface area (TPSA) is 113 Å². The second kappa shape index (κ2) is 5.90. The first-order chi connectivity index (χ1) is 10.3. The summed E-state index contributed by atoms with van der Waals surface area (Å²) < 4.78 is 10.1. The summed E-state index contributed by atoms with van der Waals surface area (Å²) in [7, 11) is 1.31. The highest BCUT2D eigenvalue weighted by Crippen LogP contribution is 2.49. The number of carboxylic acids is 1. The molecule has 0 aromatic rings. The van der Waals surface area contributed by atoms with Crippen LogP contribution in [0.2, 0.25) is 0 Å². The Bertz CT molecular complexity index is 559. The molecule has 1 saturated heterocycles. The van der Waals surface area contributed by atoms with Crippen molar-refractivity contribution in [3.63, 3.8) is 0 Å². The number of carbonyl (C=O) groups excluding carboxylic acids is 2. The van der Waals surface area contributed by atoms with Gasteiger partial charge in [-0.25, -0.2) is 4.79 Å². The Balaban J connectivity index is 2.36. The van der Waals surface area contributed by atoms with Crippen molar-refractivity contribution >= 4 is 29.6 Å². The first kappa shape index (κ1) is 16.8. The quantitative estimate of drug-likeness (QED) is 0.515. The van der Waals surface area contributed by atoms with Gasteiger partial charge in [0.1, 0.15) is 17.7 Å². The van der Waals surface area contributed by atoms with E-state index in [1.807, 2.05) is 0 Å². The van der Waals surface area contributed by atoms with Gasteiger partial charge >= 0.3 is 11.9 Å². The predicted octanol–water partition coefficient (Wildman–Crippen LogP) is -0.431. The lowest BCUT2D eigenvalue weighted by Gasteiger charge is -2.57. The third kappa shape index (κ3) is 2.29. The maximum absolute atomic E-state index is 12.4. The van der Waals surface area contributed by atoms with E-state index < -0.39 is 34.9 Å². The van der Waals surface area contributed by atoms with Crippen LogP contribution in [-0.2, 0) is 23.9 Å². The van der Waals surface area contributed by atoms with Gasteiger partial charge in [0.25, 0.3) is 5.91 Å². The van der Waals surface area contributed by atoms with E-state index in [2.05, 4.69) is 0 Å². The highest BCUT2D eigenvalue weighted by atomic mass is 32.2. The van der Waals surface area contributed by atoms with Gasteiger partial charge in [0.05, 0.1) is 6.10 Å². The number of methoxy groups -OCH3 is 1. The van der Waals surface area contributed by atoms with Gasteiger partial charge in [-0.1, -0.05) is 0 Å². The molecule has 0 spiro atoms. The van der Waals surface area contributed by atoms with Crippen LogP contribution in [0.3, 0.4) is 0 Å². The molecule has 9 heteroatoms. The molecule has 0 saturated carbocycles. The third-order valence-corrected chi connectivity index (χ3v) is 5.15. The first-order valence-corrected chi connectivity index (χ1v) is 7.59. The zero-order chi connectivity index (χ0) is 16.7. The number of esters is 1. The molecule has 1 amide bonds. The Morgan fingerprint density at radius 3 is 2.64 bits per heavy atom. The van der Waals surface area contributed by atoms with Crippen LogP contribution < -0.4 is 0 Å². The van der Waals surface area contributed by atoms with Crippen molar-refractivity contribution in [2.75, 3.05) is 19.5 Å². The Morgan fingerprint density at radius 2 is 2.18 bits per heavy atom. The number of nitrogens with zero attached hydrogens (tertiary/aromatic N) is 1. The molecule has 0 radical (unpaired) electrons. The van der Waals surface area contributed by atoms with E-state index in [-0.39, 0.29) is 18.1 Å². The van der Waals surface area contributed by atoms with Gasteiger partial charge in [-0.15, -0.1) is 11.8 Å². The number of ether oxygens (including phenoxy) is 2. The normalized spacial score (nSPS) is 28.8. The van der Waals surface area contributed by atoms with Crippen molar-refractivity contribution in [2.24, 2.45) is 0 Å². The second-order valence-corrected chi connectivity index (χ2v) is 6.12. The molecule has 2 N–H and O–H groups in total. The lowest BCUT2D eigenvalue weighted by molar-refractivity contribution is -0.202. The molecule has 2 aliphatic heterocycles. The fraction of sp³-hybridized carbons (Fsp3) is 0.615. The van der Waals surface area contributed by atoms with Crippen LogP contribution in [-0.4, -0.2) is 69.5 Å². The van der Waals surface area contributed by atoms with E-state index in [0.717, 1.165) is 4.90 Å². The largest absolute Gasteiger partial charge is 0.477 e. The Hall–Kier alpha value is -1.58. The molecule has 1 fully saturated rings. The van der Waals surface area contributed by atoms with E-state index in [4.69, 9.17) is 9.47 Å². The van der Waals surface area contributed by atoms with Crippen LogP contribution in [0.5, 0.6) is 0 Å². The van der Waals surface area contributed by atoms with Crippen molar-refractivity contribution in [3.05, 3.63) is 11.3 Å². The van der Waals surface area contributed by atoms with E-state index in [1.165, 1.54) is 32.7 Å². The smallest absolute Gasteiger partial charge is 0.352 e. The molecule has 3 atom stereocenters. The zero-order valence-electron chi connectivity index (χ0n) is 12.4. The van der Waals surface area contributed by atoms with Crippen molar-refractivity contribution in [1.82, 2.24) is 4.90 Å². The molecule has 0 aromatic carbocycles. The summed E-state index contributed by atoms with van der Waals surface area (Å²) in [6.45, 7) is 2.46. The Kier molecular flexibility index (Phi) is 4.50. The maximum Gasteiger partial charge on any atom is 0.352 e. The minimum atomic E-state index is -1.45. The number of aliphatic hydroxyl groups is 1. The third-order valence-electron chi connectivity index (χ3n) is 3.76. The lowest BCUT2D eigenvalue weighted by atomic mass is 9.85. The lowest BCUT2D eigenvalue weighted by Crippen LogP contribution is -2.78. The van der Waals surface area contributed by atoms with Gasteiger partial charge in [0, 0.05) is 25.4 Å². The summed E-state index contributed by atoms with van der Waals surface area (Å²) in [6, 6.07) is 0. The number of aliphatic carboxylic acids is 1. The van der Waals surface area contributed by atoms with Crippen LogP contribution in [0.25, 0.3) is 0 Å². The number of fused-ring (bicyclic) bond motifs is 1. The number of β-lactam (4-membered cyclic amide) rings is 1. The monoisotopic (exact) mass is 331 g/mol. The average molecular weight is 331 g/mol. The van der Waals surface area contributed by atoms with E-state index in [0.29, 0.717) is 5.57 Å². The van der Waals surface area contributed by atoms with Crippen LogP contribution in [0.15, 0.2) is 11.3 Å². The fourth-order valence-electron chi connectivity index (χ4n) is 2.66. The molecule has 22 heavy (non-hydrogen) atoms.